The van der Waals surface area contributed by atoms with Gasteiger partial charge in [0, 0.05) is 0 Å². The van der Waals surface area contributed by atoms with Crippen LogP contribution in [0.4, 0.5) is 13.2 Å². The average molecular weight is 263 g/mol. The summed E-state index contributed by atoms with van der Waals surface area (Å²) in [4.78, 5) is 8.57. The third-order valence-electron chi connectivity index (χ3n) is 0.901. The molecule has 1 unspecified atom stereocenters. The van der Waals surface area contributed by atoms with E-state index in [1.807, 2.05) is 0 Å². The molecule has 0 aliphatic carbocycles. The highest BCUT2D eigenvalue weighted by molar-refractivity contribution is 9.10. The molecule has 0 heterocycles. The Morgan fingerprint density at radius 3 is 1.92 bits per heavy atom. The zero-order valence-corrected chi connectivity index (χ0v) is 8.99. The van der Waals surface area contributed by atoms with Crippen LogP contribution in [0.2, 0.25) is 0 Å². The van der Waals surface area contributed by atoms with Crippen molar-refractivity contribution < 1.29 is 22.7 Å². The van der Waals surface area contributed by atoms with E-state index >= 15 is 0 Å². The standard InChI is InChI=1S/C7H10BrF3O2/c1-6(2,3)13-5(12)4(8)7(9,10)11/h4H,1-3H3. The van der Waals surface area contributed by atoms with Crippen molar-refractivity contribution in [3.05, 3.63) is 0 Å². The Morgan fingerprint density at radius 2 is 1.69 bits per heavy atom. The van der Waals surface area contributed by atoms with Crippen LogP contribution in [0.3, 0.4) is 0 Å². The molecule has 1 atom stereocenters. The van der Waals surface area contributed by atoms with Crippen molar-refractivity contribution >= 4 is 21.9 Å². The van der Waals surface area contributed by atoms with E-state index in [1.165, 1.54) is 20.8 Å². The van der Waals surface area contributed by atoms with Crippen LogP contribution >= 0.6 is 15.9 Å². The fourth-order valence-electron chi connectivity index (χ4n) is 0.487. The van der Waals surface area contributed by atoms with Crippen LogP contribution in [-0.4, -0.2) is 22.6 Å². The molecular weight excluding hydrogens is 253 g/mol. The highest BCUT2D eigenvalue weighted by Crippen LogP contribution is 2.28. The third kappa shape index (κ3) is 5.13. The number of rotatable bonds is 1. The second kappa shape index (κ2) is 3.86. The maximum atomic E-state index is 11.9. The van der Waals surface area contributed by atoms with E-state index in [9.17, 15) is 18.0 Å². The van der Waals surface area contributed by atoms with Gasteiger partial charge in [-0.25, -0.2) is 0 Å². The molecule has 0 saturated heterocycles. The van der Waals surface area contributed by atoms with Crippen LogP contribution in [-0.2, 0) is 9.53 Å². The Kier molecular flexibility index (Phi) is 3.78. The molecule has 0 saturated carbocycles. The van der Waals surface area contributed by atoms with Crippen LogP contribution in [0.1, 0.15) is 20.8 Å². The van der Waals surface area contributed by atoms with Crippen LogP contribution < -0.4 is 0 Å². The highest BCUT2D eigenvalue weighted by atomic mass is 79.9. The second-order valence-electron chi connectivity index (χ2n) is 3.44. The van der Waals surface area contributed by atoms with Gasteiger partial charge in [-0.1, -0.05) is 15.9 Å². The molecule has 0 aromatic rings. The lowest BCUT2D eigenvalue weighted by Crippen LogP contribution is -2.37. The first-order chi connectivity index (χ1) is 5.54. The smallest absolute Gasteiger partial charge is 0.411 e. The predicted octanol–water partition coefficient (Wildman–Crippen LogP) is 2.65. The summed E-state index contributed by atoms with van der Waals surface area (Å²) < 4.78 is 40.3. The third-order valence-corrected chi connectivity index (χ3v) is 1.79. The van der Waals surface area contributed by atoms with Crippen LogP contribution in [0.25, 0.3) is 0 Å². The summed E-state index contributed by atoms with van der Waals surface area (Å²) in [6.45, 7) is 4.50. The SMILES string of the molecule is CC(C)(C)OC(=O)C(Br)C(F)(F)F. The second-order valence-corrected chi connectivity index (χ2v) is 4.35. The minimum atomic E-state index is -4.61. The van der Waals surface area contributed by atoms with Crippen molar-refractivity contribution in [3.63, 3.8) is 0 Å². The van der Waals surface area contributed by atoms with Gasteiger partial charge < -0.3 is 4.74 Å². The van der Waals surface area contributed by atoms with Crippen molar-refractivity contribution in [1.82, 2.24) is 0 Å². The molecule has 0 fully saturated rings. The number of hydrogen-bond donors (Lipinski definition) is 0. The van der Waals surface area contributed by atoms with Gasteiger partial charge in [0.1, 0.15) is 5.60 Å². The first kappa shape index (κ1) is 12.7. The van der Waals surface area contributed by atoms with Gasteiger partial charge in [0.05, 0.1) is 0 Å². The quantitative estimate of drug-likeness (QED) is 0.537. The van der Waals surface area contributed by atoms with Gasteiger partial charge in [-0.3, -0.25) is 4.79 Å². The molecule has 0 amide bonds. The number of halogens is 4. The summed E-state index contributed by atoms with van der Waals surface area (Å²) in [5.74, 6) is -1.32. The van der Waals surface area contributed by atoms with Gasteiger partial charge in [0.2, 0.25) is 4.83 Å². The van der Waals surface area contributed by atoms with Crippen molar-refractivity contribution in [2.75, 3.05) is 0 Å². The fourth-order valence-corrected chi connectivity index (χ4v) is 0.581. The lowest BCUT2D eigenvalue weighted by Gasteiger charge is -2.22. The van der Waals surface area contributed by atoms with E-state index in [1.54, 1.807) is 0 Å². The molecule has 0 aliphatic heterocycles. The molecule has 6 heteroatoms. The first-order valence-electron chi connectivity index (χ1n) is 3.47. The van der Waals surface area contributed by atoms with Gasteiger partial charge in [-0.2, -0.15) is 13.2 Å². The van der Waals surface area contributed by atoms with E-state index < -0.39 is 22.6 Å². The van der Waals surface area contributed by atoms with Crippen LogP contribution in [0.5, 0.6) is 0 Å². The molecular formula is C7H10BrF3O2. The number of hydrogen-bond acceptors (Lipinski definition) is 2. The van der Waals surface area contributed by atoms with Gasteiger partial charge in [-0.15, -0.1) is 0 Å². The summed E-state index contributed by atoms with van der Waals surface area (Å²) in [6.07, 6.45) is -4.61. The van der Waals surface area contributed by atoms with E-state index in [4.69, 9.17) is 0 Å². The molecule has 0 radical (unpaired) electrons. The van der Waals surface area contributed by atoms with E-state index in [2.05, 4.69) is 20.7 Å². The largest absolute Gasteiger partial charge is 0.459 e. The normalized spacial score (nSPS) is 15.3. The van der Waals surface area contributed by atoms with Gasteiger partial charge >= 0.3 is 12.1 Å². The lowest BCUT2D eigenvalue weighted by atomic mass is 10.2. The topological polar surface area (TPSA) is 26.3 Å². The summed E-state index contributed by atoms with van der Waals surface area (Å²) in [7, 11) is 0. The number of esters is 1. The number of ether oxygens (including phenoxy) is 1. The van der Waals surface area contributed by atoms with E-state index in [-0.39, 0.29) is 0 Å². The van der Waals surface area contributed by atoms with Crippen LogP contribution in [0, 0.1) is 0 Å². The Labute approximate surface area is 82.6 Å². The minimum absolute atomic E-state index is 0.908. The van der Waals surface area contributed by atoms with Gasteiger partial charge in [-0.05, 0) is 20.8 Å². The van der Waals surface area contributed by atoms with E-state index in [0.717, 1.165) is 0 Å². The minimum Gasteiger partial charge on any atom is -0.459 e. The molecule has 13 heavy (non-hydrogen) atoms. The van der Waals surface area contributed by atoms with Crippen molar-refractivity contribution in [2.45, 2.75) is 37.4 Å². The fraction of sp³-hybridized carbons (Fsp3) is 0.857. The highest BCUT2D eigenvalue weighted by Gasteiger charge is 2.45. The summed E-state index contributed by atoms with van der Waals surface area (Å²) in [6, 6.07) is 0. The van der Waals surface area contributed by atoms with Crippen molar-refractivity contribution in [2.24, 2.45) is 0 Å². The Balaban J connectivity index is 4.30. The Morgan fingerprint density at radius 1 is 1.31 bits per heavy atom. The molecule has 0 spiro atoms. The van der Waals surface area contributed by atoms with E-state index in [0.29, 0.717) is 0 Å². The zero-order valence-electron chi connectivity index (χ0n) is 7.41. The van der Waals surface area contributed by atoms with Crippen molar-refractivity contribution in [1.29, 1.82) is 0 Å². The Hall–Kier alpha value is -0.260. The molecule has 0 bridgehead atoms. The number of carbonyl (C=O) groups is 1. The molecule has 0 N–H and O–H groups in total. The molecule has 0 aromatic heterocycles. The molecule has 0 rings (SSSR count). The zero-order chi connectivity index (χ0) is 10.9. The maximum absolute atomic E-state index is 11.9. The summed E-state index contributed by atoms with van der Waals surface area (Å²) >= 11 is 2.22. The lowest BCUT2D eigenvalue weighted by molar-refractivity contribution is -0.175. The Bertz CT molecular complexity index is 195. The molecule has 2 nitrogen and oxygen atoms in total. The van der Waals surface area contributed by atoms with Gasteiger partial charge in [0.25, 0.3) is 0 Å². The van der Waals surface area contributed by atoms with Crippen molar-refractivity contribution in [3.8, 4) is 0 Å². The average Bonchev–Trinajstić information content (AvgIpc) is 1.79. The van der Waals surface area contributed by atoms with Gasteiger partial charge in [0.15, 0.2) is 0 Å². The van der Waals surface area contributed by atoms with Crippen LogP contribution in [0.15, 0.2) is 0 Å². The molecule has 0 aromatic carbocycles. The monoisotopic (exact) mass is 262 g/mol. The maximum Gasteiger partial charge on any atom is 0.411 e. The number of alkyl halides is 4. The number of carbonyl (C=O) groups excluding carboxylic acids is 1. The summed E-state index contributed by atoms with van der Waals surface area (Å²) in [5.41, 5.74) is -0.908. The first-order valence-corrected chi connectivity index (χ1v) is 4.39. The summed E-state index contributed by atoms with van der Waals surface area (Å²) in [5, 5.41) is 0. The molecule has 78 valence electrons. The predicted molar refractivity (Wildman–Crippen MR) is 44.6 cm³/mol. The molecule has 0 aliphatic rings.